The molecule has 0 nitrogen and oxygen atoms in total. The van der Waals surface area contributed by atoms with Crippen LogP contribution in [-0.2, 0) is 0 Å². The summed E-state index contributed by atoms with van der Waals surface area (Å²) in [5.41, 5.74) is 2.77. The Morgan fingerprint density at radius 1 is 0.533 bits per heavy atom. The summed E-state index contributed by atoms with van der Waals surface area (Å²) < 4.78 is 0. The van der Waals surface area contributed by atoms with Crippen LogP contribution in [0.25, 0.3) is 10.6 Å². The summed E-state index contributed by atoms with van der Waals surface area (Å²) in [6.07, 6.45) is 0. The molecule has 0 N–H and O–H groups in total. The van der Waals surface area contributed by atoms with E-state index in [1.165, 1.54) is 21.8 Å². The first-order chi connectivity index (χ1) is 7.45. The molecule has 0 aliphatic carbocycles. The van der Waals surface area contributed by atoms with Crippen molar-refractivity contribution in [3.63, 3.8) is 0 Å². The molecule has 0 saturated heterocycles. The molecule has 0 saturated carbocycles. The molecule has 15 heavy (non-hydrogen) atoms. The molecule has 0 spiro atoms. The van der Waals surface area contributed by atoms with E-state index in [0.717, 1.165) is 8.58 Å². The van der Waals surface area contributed by atoms with Gasteiger partial charge in [-0.2, -0.15) is 0 Å². The third kappa shape index (κ3) is 1.73. The predicted molar refractivity (Wildman–Crippen MR) is 68.0 cm³/mol. The van der Waals surface area contributed by atoms with E-state index in [-0.39, 0.29) is 0 Å². The molecule has 0 fully saturated rings. The minimum Gasteiger partial charge on any atom is -0.0622 e. The van der Waals surface area contributed by atoms with Crippen LogP contribution in [0.4, 0.5) is 0 Å². The standard InChI is InChI=1S/C14H11P/c1-3-7-11(8-4-1)13-14(15-13)12-9-5-2-6-10-12/h1-10,15H. The van der Waals surface area contributed by atoms with Gasteiger partial charge in [-0.15, -0.1) is 0 Å². The summed E-state index contributed by atoms with van der Waals surface area (Å²) in [6.45, 7) is 0. The fourth-order valence-corrected chi connectivity index (χ4v) is 2.83. The maximum atomic E-state index is 2.19. The Kier molecular flexibility index (Phi) is 2.16. The average Bonchev–Trinajstić information content (AvgIpc) is 3.11. The van der Waals surface area contributed by atoms with Crippen molar-refractivity contribution in [2.24, 2.45) is 0 Å². The molecule has 3 rings (SSSR count). The number of hydrogen-bond acceptors (Lipinski definition) is 0. The summed E-state index contributed by atoms with van der Waals surface area (Å²) in [5, 5.41) is 3.06. The quantitative estimate of drug-likeness (QED) is 0.651. The largest absolute Gasteiger partial charge is 0.0622 e. The Labute approximate surface area is 91.4 Å². The third-order valence-corrected chi connectivity index (χ3v) is 3.89. The topological polar surface area (TPSA) is 0 Å². The van der Waals surface area contributed by atoms with Crippen molar-refractivity contribution in [2.45, 2.75) is 0 Å². The molecule has 0 bridgehead atoms. The van der Waals surface area contributed by atoms with E-state index >= 15 is 0 Å². The summed E-state index contributed by atoms with van der Waals surface area (Å²) >= 11 is 0. The van der Waals surface area contributed by atoms with Crippen molar-refractivity contribution < 1.29 is 0 Å². The summed E-state index contributed by atoms with van der Waals surface area (Å²) in [5.74, 6) is 0. The monoisotopic (exact) mass is 210 g/mol. The minimum atomic E-state index is 0.904. The zero-order valence-corrected chi connectivity index (χ0v) is 9.27. The van der Waals surface area contributed by atoms with E-state index in [2.05, 4.69) is 60.7 Å². The highest BCUT2D eigenvalue weighted by atomic mass is 31.1. The zero-order chi connectivity index (χ0) is 10.1. The molecular formula is C14H11P. The second-order valence-corrected chi connectivity index (χ2v) is 4.86. The predicted octanol–water partition coefficient (Wildman–Crippen LogP) is 4.20. The second-order valence-electron chi connectivity index (χ2n) is 3.61. The zero-order valence-electron chi connectivity index (χ0n) is 8.27. The Morgan fingerprint density at radius 2 is 0.933 bits per heavy atom. The molecule has 0 atom stereocenters. The lowest BCUT2D eigenvalue weighted by molar-refractivity contribution is 1.65. The van der Waals surface area contributed by atoms with Crippen LogP contribution in [-0.4, -0.2) is 0 Å². The second kappa shape index (κ2) is 3.64. The molecule has 2 aromatic rings. The Morgan fingerprint density at radius 3 is 1.33 bits per heavy atom. The van der Waals surface area contributed by atoms with Gasteiger partial charge in [0.2, 0.25) is 0 Å². The van der Waals surface area contributed by atoms with Crippen LogP contribution in [0.5, 0.6) is 0 Å². The van der Waals surface area contributed by atoms with E-state index in [9.17, 15) is 0 Å². The van der Waals surface area contributed by atoms with Crippen molar-refractivity contribution in [3.8, 4) is 0 Å². The minimum absolute atomic E-state index is 0.904. The Hall–Kier alpha value is -1.39. The van der Waals surface area contributed by atoms with Gasteiger partial charge in [0.1, 0.15) is 0 Å². The molecule has 1 heteroatoms. The van der Waals surface area contributed by atoms with Gasteiger partial charge in [-0.1, -0.05) is 69.2 Å². The van der Waals surface area contributed by atoms with Gasteiger partial charge in [0.05, 0.1) is 0 Å². The van der Waals surface area contributed by atoms with Crippen LogP contribution in [0.3, 0.4) is 0 Å². The first kappa shape index (κ1) is 8.88. The lowest BCUT2D eigenvalue weighted by Crippen LogP contribution is -1.70. The first-order valence-corrected chi connectivity index (χ1v) is 6.07. The van der Waals surface area contributed by atoms with Gasteiger partial charge in [-0.25, -0.2) is 0 Å². The molecule has 72 valence electrons. The van der Waals surface area contributed by atoms with Crippen LogP contribution in [0.2, 0.25) is 0 Å². The third-order valence-electron chi connectivity index (χ3n) is 2.56. The molecule has 2 aromatic carbocycles. The van der Waals surface area contributed by atoms with E-state index in [4.69, 9.17) is 0 Å². The first-order valence-electron chi connectivity index (χ1n) is 5.07. The van der Waals surface area contributed by atoms with Gasteiger partial charge in [0.25, 0.3) is 0 Å². The Bertz CT molecular complexity index is 450. The molecule has 0 radical (unpaired) electrons. The maximum Gasteiger partial charge on any atom is -0.00704 e. The van der Waals surface area contributed by atoms with Gasteiger partial charge in [-0.3, -0.25) is 0 Å². The number of rotatable bonds is 2. The van der Waals surface area contributed by atoms with Gasteiger partial charge < -0.3 is 0 Å². The molecular weight excluding hydrogens is 199 g/mol. The maximum absolute atomic E-state index is 2.19. The van der Waals surface area contributed by atoms with Crippen molar-refractivity contribution >= 4 is 19.2 Å². The highest BCUT2D eigenvalue weighted by Crippen LogP contribution is 2.64. The summed E-state index contributed by atoms with van der Waals surface area (Å²) in [7, 11) is 0.904. The fourth-order valence-electron chi connectivity index (χ4n) is 1.74. The van der Waals surface area contributed by atoms with Crippen LogP contribution in [0, 0.1) is 0 Å². The van der Waals surface area contributed by atoms with Crippen LogP contribution < -0.4 is 0 Å². The van der Waals surface area contributed by atoms with E-state index in [1.54, 1.807) is 0 Å². The number of benzene rings is 2. The van der Waals surface area contributed by atoms with Gasteiger partial charge in [0, 0.05) is 0 Å². The van der Waals surface area contributed by atoms with Gasteiger partial charge in [-0.05, 0) is 21.8 Å². The lowest BCUT2D eigenvalue weighted by atomic mass is 10.1. The highest BCUT2D eigenvalue weighted by molar-refractivity contribution is 7.73. The fraction of sp³-hybridized carbons (Fsp3) is 0. The molecule has 1 aliphatic heterocycles. The normalized spacial score (nSPS) is 14.1. The van der Waals surface area contributed by atoms with Crippen LogP contribution in [0.1, 0.15) is 11.1 Å². The molecule has 0 unspecified atom stereocenters. The van der Waals surface area contributed by atoms with Crippen LogP contribution in [0.15, 0.2) is 60.7 Å². The van der Waals surface area contributed by atoms with E-state index < -0.39 is 0 Å². The molecule has 0 aromatic heterocycles. The summed E-state index contributed by atoms with van der Waals surface area (Å²) in [4.78, 5) is 0. The summed E-state index contributed by atoms with van der Waals surface area (Å²) in [6, 6.07) is 21.3. The number of hydrogen-bond donors (Lipinski definition) is 0. The van der Waals surface area contributed by atoms with Crippen LogP contribution >= 0.6 is 8.58 Å². The van der Waals surface area contributed by atoms with Crippen molar-refractivity contribution in [3.05, 3.63) is 71.8 Å². The molecule has 0 amide bonds. The van der Waals surface area contributed by atoms with Gasteiger partial charge in [0.15, 0.2) is 0 Å². The molecule has 1 heterocycles. The smallest absolute Gasteiger partial charge is 0.00704 e. The average molecular weight is 210 g/mol. The van der Waals surface area contributed by atoms with Crippen molar-refractivity contribution in [2.75, 3.05) is 0 Å². The lowest BCUT2D eigenvalue weighted by Gasteiger charge is -1.91. The van der Waals surface area contributed by atoms with E-state index in [0.29, 0.717) is 0 Å². The molecule has 1 aliphatic rings. The van der Waals surface area contributed by atoms with Crippen molar-refractivity contribution in [1.82, 2.24) is 0 Å². The Balaban J connectivity index is 1.97. The highest BCUT2D eigenvalue weighted by Gasteiger charge is 2.23. The van der Waals surface area contributed by atoms with E-state index in [1.807, 2.05) is 0 Å². The van der Waals surface area contributed by atoms with Gasteiger partial charge >= 0.3 is 0 Å². The van der Waals surface area contributed by atoms with Crippen molar-refractivity contribution in [1.29, 1.82) is 0 Å². The SMILES string of the molecule is c1ccc(C2=C(c3ccccc3)P2)cc1.